The molecule has 2 rings (SSSR count). The van der Waals surface area contributed by atoms with Gasteiger partial charge in [0, 0.05) is 13.1 Å². The predicted molar refractivity (Wildman–Crippen MR) is 86.9 cm³/mol. The van der Waals surface area contributed by atoms with Gasteiger partial charge in [0.1, 0.15) is 0 Å². The van der Waals surface area contributed by atoms with E-state index >= 15 is 0 Å². The van der Waals surface area contributed by atoms with Crippen molar-refractivity contribution in [3.63, 3.8) is 0 Å². The molecule has 1 aromatic rings. The number of benzene rings is 1. The summed E-state index contributed by atoms with van der Waals surface area (Å²) in [5.74, 6) is 0.662. The Labute approximate surface area is 128 Å². The first-order valence-electron chi connectivity index (χ1n) is 7.70. The van der Waals surface area contributed by atoms with E-state index in [1.807, 2.05) is 44.3 Å². The van der Waals surface area contributed by atoms with Gasteiger partial charge in [0.2, 0.25) is 10.0 Å². The Kier molecular flexibility index (Phi) is 5.79. The second kappa shape index (κ2) is 7.38. The maximum absolute atomic E-state index is 12.6. The van der Waals surface area contributed by atoms with Crippen LogP contribution in [0.4, 0.5) is 0 Å². The first-order valence-corrected chi connectivity index (χ1v) is 9.31. The summed E-state index contributed by atoms with van der Waals surface area (Å²) in [6.45, 7) is 4.21. The predicted octanol–water partition coefficient (Wildman–Crippen LogP) is 2.05. The van der Waals surface area contributed by atoms with E-state index in [1.165, 1.54) is 0 Å². The van der Waals surface area contributed by atoms with Gasteiger partial charge in [-0.2, -0.15) is 0 Å². The number of rotatable bonds is 6. The van der Waals surface area contributed by atoms with Crippen molar-refractivity contribution in [1.29, 1.82) is 0 Å². The normalized spacial score (nSPS) is 22.1. The van der Waals surface area contributed by atoms with Gasteiger partial charge in [0.25, 0.3) is 0 Å². The van der Waals surface area contributed by atoms with Crippen LogP contribution in [0.3, 0.4) is 0 Å². The van der Waals surface area contributed by atoms with Crippen molar-refractivity contribution in [1.82, 2.24) is 9.62 Å². The average molecular weight is 310 g/mol. The van der Waals surface area contributed by atoms with Gasteiger partial charge < -0.3 is 5.32 Å². The maximum Gasteiger partial charge on any atom is 0.214 e. The van der Waals surface area contributed by atoms with Crippen LogP contribution in [-0.2, 0) is 10.0 Å². The SMILES string of the molecule is CNCC1CCCN(S(=O)(=O)CC(C)c2ccccc2)C1. The van der Waals surface area contributed by atoms with Crippen molar-refractivity contribution in [3.05, 3.63) is 35.9 Å². The molecule has 1 heterocycles. The Morgan fingerprint density at radius 3 is 2.71 bits per heavy atom. The van der Waals surface area contributed by atoms with E-state index in [1.54, 1.807) is 4.31 Å². The smallest absolute Gasteiger partial charge is 0.214 e. The molecule has 1 aliphatic heterocycles. The van der Waals surface area contributed by atoms with Crippen molar-refractivity contribution >= 4 is 10.0 Å². The van der Waals surface area contributed by atoms with E-state index in [0.717, 1.165) is 24.9 Å². The first kappa shape index (κ1) is 16.5. The zero-order chi connectivity index (χ0) is 15.3. The molecule has 2 unspecified atom stereocenters. The highest BCUT2D eigenvalue weighted by molar-refractivity contribution is 7.89. The van der Waals surface area contributed by atoms with Crippen LogP contribution in [0.15, 0.2) is 30.3 Å². The molecule has 0 aromatic heterocycles. The monoisotopic (exact) mass is 310 g/mol. The lowest BCUT2D eigenvalue weighted by Gasteiger charge is -2.32. The summed E-state index contributed by atoms with van der Waals surface area (Å²) in [6, 6.07) is 9.88. The molecule has 1 aliphatic rings. The Bertz CT molecular complexity index is 528. The maximum atomic E-state index is 12.6. The highest BCUT2D eigenvalue weighted by Gasteiger charge is 2.29. The third-order valence-corrected chi connectivity index (χ3v) is 6.24. The van der Waals surface area contributed by atoms with Crippen molar-refractivity contribution < 1.29 is 8.42 Å². The fourth-order valence-electron chi connectivity index (χ4n) is 3.03. The first-order chi connectivity index (χ1) is 10.0. The molecule has 0 radical (unpaired) electrons. The van der Waals surface area contributed by atoms with Gasteiger partial charge in [-0.3, -0.25) is 0 Å². The molecule has 118 valence electrons. The molecular formula is C16H26N2O2S. The Morgan fingerprint density at radius 2 is 2.05 bits per heavy atom. The van der Waals surface area contributed by atoms with Gasteiger partial charge in [0.15, 0.2) is 0 Å². The van der Waals surface area contributed by atoms with Crippen molar-refractivity contribution in [3.8, 4) is 0 Å². The fourth-order valence-corrected chi connectivity index (χ4v) is 4.91. The largest absolute Gasteiger partial charge is 0.319 e. The van der Waals surface area contributed by atoms with Crippen molar-refractivity contribution in [2.75, 3.05) is 32.4 Å². The second-order valence-corrected chi connectivity index (χ2v) is 8.03. The number of nitrogens with one attached hydrogen (secondary N) is 1. The summed E-state index contributed by atoms with van der Waals surface area (Å²) in [5, 5.41) is 3.15. The van der Waals surface area contributed by atoms with E-state index in [4.69, 9.17) is 0 Å². The molecule has 1 saturated heterocycles. The molecule has 0 bridgehead atoms. The summed E-state index contributed by atoms with van der Waals surface area (Å²) in [5.41, 5.74) is 1.09. The molecule has 1 N–H and O–H groups in total. The molecule has 1 aromatic carbocycles. The summed E-state index contributed by atoms with van der Waals surface area (Å²) in [4.78, 5) is 0. The Hall–Kier alpha value is -0.910. The van der Waals surface area contributed by atoms with Crippen LogP contribution in [-0.4, -0.2) is 45.2 Å². The molecule has 21 heavy (non-hydrogen) atoms. The standard InChI is InChI=1S/C16H26N2O2S/c1-14(16-8-4-3-5-9-16)13-21(19,20)18-10-6-7-15(12-18)11-17-2/h3-5,8-9,14-15,17H,6-7,10-13H2,1-2H3. The lowest BCUT2D eigenvalue weighted by molar-refractivity contribution is 0.263. The fraction of sp³-hybridized carbons (Fsp3) is 0.625. The molecular weight excluding hydrogens is 284 g/mol. The average Bonchev–Trinajstić information content (AvgIpc) is 2.48. The number of sulfonamides is 1. The van der Waals surface area contributed by atoms with Gasteiger partial charge in [-0.05, 0) is 43.8 Å². The van der Waals surface area contributed by atoms with Gasteiger partial charge >= 0.3 is 0 Å². The zero-order valence-electron chi connectivity index (χ0n) is 13.0. The molecule has 0 saturated carbocycles. The van der Waals surface area contributed by atoms with Crippen LogP contribution >= 0.6 is 0 Å². The van der Waals surface area contributed by atoms with E-state index in [9.17, 15) is 8.42 Å². The number of hydrogen-bond donors (Lipinski definition) is 1. The van der Waals surface area contributed by atoms with Gasteiger partial charge in [0.05, 0.1) is 5.75 Å². The second-order valence-electron chi connectivity index (χ2n) is 6.01. The number of piperidine rings is 1. The third-order valence-electron chi connectivity index (χ3n) is 4.20. The summed E-state index contributed by atoms with van der Waals surface area (Å²) < 4.78 is 26.9. The van der Waals surface area contributed by atoms with Gasteiger partial charge in [-0.25, -0.2) is 12.7 Å². The molecule has 0 amide bonds. The molecule has 0 aliphatic carbocycles. The van der Waals surface area contributed by atoms with Gasteiger partial charge in [-0.15, -0.1) is 0 Å². The number of nitrogens with zero attached hydrogens (tertiary/aromatic N) is 1. The summed E-state index contributed by atoms with van der Waals surface area (Å²) in [6.07, 6.45) is 2.08. The van der Waals surface area contributed by atoms with Crippen LogP contribution in [0.1, 0.15) is 31.2 Å². The molecule has 4 nitrogen and oxygen atoms in total. The zero-order valence-corrected chi connectivity index (χ0v) is 13.8. The van der Waals surface area contributed by atoms with Gasteiger partial charge in [-0.1, -0.05) is 37.3 Å². The van der Waals surface area contributed by atoms with Crippen LogP contribution in [0.2, 0.25) is 0 Å². The highest BCUT2D eigenvalue weighted by atomic mass is 32.2. The quantitative estimate of drug-likeness (QED) is 0.875. The van der Waals surface area contributed by atoms with E-state index in [-0.39, 0.29) is 11.7 Å². The van der Waals surface area contributed by atoms with E-state index < -0.39 is 10.0 Å². The minimum absolute atomic E-state index is 0.0286. The highest BCUT2D eigenvalue weighted by Crippen LogP contribution is 2.23. The van der Waals surface area contributed by atoms with Crippen LogP contribution in [0, 0.1) is 5.92 Å². The molecule has 0 spiro atoms. The van der Waals surface area contributed by atoms with Crippen LogP contribution in [0.5, 0.6) is 0 Å². The molecule has 5 heteroatoms. The van der Waals surface area contributed by atoms with Crippen molar-refractivity contribution in [2.24, 2.45) is 5.92 Å². The topological polar surface area (TPSA) is 49.4 Å². The van der Waals surface area contributed by atoms with Crippen LogP contribution < -0.4 is 5.32 Å². The van der Waals surface area contributed by atoms with E-state index in [2.05, 4.69) is 5.32 Å². The summed E-state index contributed by atoms with van der Waals surface area (Å²) in [7, 11) is -1.25. The molecule has 2 atom stereocenters. The Morgan fingerprint density at radius 1 is 1.33 bits per heavy atom. The minimum atomic E-state index is -3.18. The Balaban J connectivity index is 2.01. The van der Waals surface area contributed by atoms with E-state index in [0.29, 0.717) is 19.0 Å². The lowest BCUT2D eigenvalue weighted by Crippen LogP contribution is -2.43. The number of hydrogen-bond acceptors (Lipinski definition) is 3. The third kappa shape index (κ3) is 4.53. The molecule has 1 fully saturated rings. The minimum Gasteiger partial charge on any atom is -0.319 e. The summed E-state index contributed by atoms with van der Waals surface area (Å²) >= 11 is 0. The van der Waals surface area contributed by atoms with Crippen LogP contribution in [0.25, 0.3) is 0 Å². The lowest BCUT2D eigenvalue weighted by atomic mass is 10.00. The van der Waals surface area contributed by atoms with Crippen molar-refractivity contribution in [2.45, 2.75) is 25.7 Å².